The van der Waals surface area contributed by atoms with Gasteiger partial charge in [-0.1, -0.05) is 0 Å². The van der Waals surface area contributed by atoms with Gasteiger partial charge in [0, 0.05) is 13.2 Å². The maximum absolute atomic E-state index is 11.6. The molecule has 1 heterocycles. The molecule has 98 valence electrons. The zero-order valence-corrected chi connectivity index (χ0v) is 9.37. The fourth-order valence-corrected chi connectivity index (χ4v) is 1.20. The van der Waals surface area contributed by atoms with Crippen molar-refractivity contribution in [1.29, 1.82) is 0 Å². The summed E-state index contributed by atoms with van der Waals surface area (Å²) in [5.74, 6) is -2.01. The van der Waals surface area contributed by atoms with Crippen LogP contribution in [0.15, 0.2) is 12.3 Å². The summed E-state index contributed by atoms with van der Waals surface area (Å²) in [4.78, 5) is 34.5. The molecule has 0 aliphatic rings. The molecule has 3 N–H and O–H groups in total. The monoisotopic (exact) mass is 257 g/mol. The average Bonchev–Trinajstić information content (AvgIpc) is 2.77. The average molecular weight is 257 g/mol. The minimum Gasteiger partial charge on any atom is -0.480 e. The summed E-state index contributed by atoms with van der Waals surface area (Å²) in [6.45, 7) is -0.204. The topological polar surface area (TPSA) is 135 Å². The van der Waals surface area contributed by atoms with Gasteiger partial charge in [0.2, 0.25) is 0 Å². The second-order valence-corrected chi connectivity index (χ2v) is 3.35. The van der Waals surface area contributed by atoms with Crippen LogP contribution >= 0.6 is 0 Å². The third kappa shape index (κ3) is 3.28. The van der Waals surface area contributed by atoms with Gasteiger partial charge in [0.1, 0.15) is 5.69 Å². The fourth-order valence-electron chi connectivity index (χ4n) is 1.20. The molecular weight excluding hydrogens is 246 g/mol. The number of rotatable bonds is 6. The van der Waals surface area contributed by atoms with Gasteiger partial charge in [0.05, 0.1) is 17.7 Å². The molecule has 1 atom stereocenters. The lowest BCUT2D eigenvalue weighted by Crippen LogP contribution is -2.43. The molecule has 1 aromatic heterocycles. The van der Waals surface area contributed by atoms with E-state index in [4.69, 9.17) is 5.11 Å². The van der Waals surface area contributed by atoms with Crippen molar-refractivity contribution in [1.82, 2.24) is 10.3 Å². The van der Waals surface area contributed by atoms with Gasteiger partial charge < -0.3 is 20.1 Å². The molecular formula is C9H11N3O6. The highest BCUT2D eigenvalue weighted by molar-refractivity contribution is 5.95. The number of carbonyl (C=O) groups is 2. The number of nitro groups is 1. The van der Waals surface area contributed by atoms with E-state index in [9.17, 15) is 19.7 Å². The number of aromatic amines is 1. The molecule has 1 amide bonds. The Kier molecular flexibility index (Phi) is 4.38. The van der Waals surface area contributed by atoms with Crippen LogP contribution in [-0.2, 0) is 9.53 Å². The second-order valence-electron chi connectivity index (χ2n) is 3.35. The Morgan fingerprint density at radius 2 is 2.33 bits per heavy atom. The van der Waals surface area contributed by atoms with E-state index in [0.29, 0.717) is 0 Å². The number of H-pyrrole nitrogens is 1. The number of hydrogen-bond acceptors (Lipinski definition) is 5. The Labute approximate surface area is 101 Å². The summed E-state index contributed by atoms with van der Waals surface area (Å²) in [6, 6.07) is -0.203. The predicted octanol–water partition coefficient (Wildman–Crippen LogP) is -0.248. The number of amides is 1. The van der Waals surface area contributed by atoms with E-state index < -0.39 is 22.8 Å². The van der Waals surface area contributed by atoms with Crippen molar-refractivity contribution in [3.63, 3.8) is 0 Å². The summed E-state index contributed by atoms with van der Waals surface area (Å²) >= 11 is 0. The number of nitrogens with zero attached hydrogens (tertiary/aromatic N) is 1. The van der Waals surface area contributed by atoms with Crippen molar-refractivity contribution >= 4 is 17.6 Å². The Morgan fingerprint density at radius 3 is 2.78 bits per heavy atom. The molecule has 0 aromatic carbocycles. The van der Waals surface area contributed by atoms with Crippen molar-refractivity contribution in [2.45, 2.75) is 6.04 Å². The van der Waals surface area contributed by atoms with Crippen molar-refractivity contribution in [3.8, 4) is 0 Å². The lowest BCUT2D eigenvalue weighted by molar-refractivity contribution is -0.384. The number of aromatic nitrogens is 1. The van der Waals surface area contributed by atoms with Crippen LogP contribution in [0.3, 0.4) is 0 Å². The van der Waals surface area contributed by atoms with Crippen LogP contribution in [0.25, 0.3) is 0 Å². The Morgan fingerprint density at radius 1 is 1.67 bits per heavy atom. The minimum absolute atomic E-state index is 0.0935. The summed E-state index contributed by atoms with van der Waals surface area (Å²) in [7, 11) is 1.29. The largest absolute Gasteiger partial charge is 0.480 e. The normalized spacial score (nSPS) is 11.8. The van der Waals surface area contributed by atoms with Gasteiger partial charge in [-0.05, 0) is 0 Å². The summed E-state index contributed by atoms with van der Waals surface area (Å²) < 4.78 is 4.63. The van der Waals surface area contributed by atoms with E-state index in [2.05, 4.69) is 15.0 Å². The zero-order chi connectivity index (χ0) is 13.7. The van der Waals surface area contributed by atoms with Gasteiger partial charge in [0.15, 0.2) is 6.04 Å². The SMILES string of the molecule is COCC(NC(=O)c1cc([N+](=O)[O-])c[nH]1)C(=O)O. The first-order valence-corrected chi connectivity index (χ1v) is 4.81. The number of carbonyl (C=O) groups excluding carboxylic acids is 1. The molecule has 18 heavy (non-hydrogen) atoms. The van der Waals surface area contributed by atoms with Crippen LogP contribution in [-0.4, -0.2) is 46.6 Å². The number of nitrogens with one attached hydrogen (secondary N) is 2. The van der Waals surface area contributed by atoms with Crippen molar-refractivity contribution in [2.24, 2.45) is 0 Å². The lowest BCUT2D eigenvalue weighted by Gasteiger charge is -2.12. The third-order valence-electron chi connectivity index (χ3n) is 2.06. The summed E-state index contributed by atoms with van der Waals surface area (Å²) in [5.41, 5.74) is -0.372. The van der Waals surface area contributed by atoms with Crippen LogP contribution in [0.4, 0.5) is 5.69 Å². The quantitative estimate of drug-likeness (QED) is 0.475. The molecule has 9 nitrogen and oxygen atoms in total. The molecule has 0 bridgehead atoms. The Balaban J connectivity index is 2.74. The van der Waals surface area contributed by atoms with E-state index in [1.807, 2.05) is 0 Å². The number of ether oxygens (including phenoxy) is 1. The van der Waals surface area contributed by atoms with Crippen LogP contribution < -0.4 is 5.32 Å². The number of carboxylic acids is 1. The molecule has 0 radical (unpaired) electrons. The second kappa shape index (κ2) is 5.77. The molecule has 1 rings (SSSR count). The lowest BCUT2D eigenvalue weighted by atomic mass is 10.3. The molecule has 0 aliphatic carbocycles. The van der Waals surface area contributed by atoms with E-state index >= 15 is 0 Å². The molecule has 1 aromatic rings. The minimum atomic E-state index is -1.26. The van der Waals surface area contributed by atoms with Crippen LogP contribution in [0.1, 0.15) is 10.5 Å². The van der Waals surface area contributed by atoms with Gasteiger partial charge in [-0.3, -0.25) is 14.9 Å². The molecule has 0 aliphatic heterocycles. The van der Waals surface area contributed by atoms with Gasteiger partial charge in [-0.25, -0.2) is 4.79 Å². The Bertz CT molecular complexity index is 469. The van der Waals surface area contributed by atoms with Crippen molar-refractivity contribution in [2.75, 3.05) is 13.7 Å². The van der Waals surface area contributed by atoms with Gasteiger partial charge in [-0.15, -0.1) is 0 Å². The number of carboxylic acid groups (broad SMARTS) is 1. The molecule has 0 spiro atoms. The van der Waals surface area contributed by atoms with Gasteiger partial charge in [0.25, 0.3) is 11.6 Å². The molecule has 9 heteroatoms. The third-order valence-corrected chi connectivity index (χ3v) is 2.06. The maximum Gasteiger partial charge on any atom is 0.328 e. The molecule has 0 saturated heterocycles. The van der Waals surface area contributed by atoms with Gasteiger partial charge >= 0.3 is 5.97 Å². The summed E-state index contributed by atoms with van der Waals surface area (Å²) in [6.07, 6.45) is 1.04. The van der Waals surface area contributed by atoms with Crippen molar-refractivity contribution < 1.29 is 24.4 Å². The number of aliphatic carboxylic acids is 1. The van der Waals surface area contributed by atoms with Crippen LogP contribution in [0.2, 0.25) is 0 Å². The first-order chi connectivity index (χ1) is 8.45. The number of methoxy groups -OCH3 is 1. The van der Waals surface area contributed by atoms with E-state index in [-0.39, 0.29) is 18.0 Å². The molecule has 1 unspecified atom stereocenters. The highest BCUT2D eigenvalue weighted by Gasteiger charge is 2.22. The molecule has 0 saturated carbocycles. The smallest absolute Gasteiger partial charge is 0.328 e. The van der Waals surface area contributed by atoms with Crippen LogP contribution in [0.5, 0.6) is 0 Å². The van der Waals surface area contributed by atoms with Gasteiger partial charge in [-0.2, -0.15) is 0 Å². The van der Waals surface area contributed by atoms with Crippen LogP contribution in [0, 0.1) is 10.1 Å². The predicted molar refractivity (Wildman–Crippen MR) is 58.2 cm³/mol. The number of hydrogen-bond donors (Lipinski definition) is 3. The highest BCUT2D eigenvalue weighted by atomic mass is 16.6. The van der Waals surface area contributed by atoms with E-state index in [1.165, 1.54) is 7.11 Å². The zero-order valence-electron chi connectivity index (χ0n) is 9.37. The maximum atomic E-state index is 11.6. The van der Waals surface area contributed by atoms with Crippen molar-refractivity contribution in [3.05, 3.63) is 28.1 Å². The standard InChI is InChI=1S/C9H11N3O6/c1-18-4-7(9(14)15)11-8(13)6-2-5(3-10-6)12(16)17/h2-3,7,10H,4H2,1H3,(H,11,13)(H,14,15). The molecule has 0 fully saturated rings. The summed E-state index contributed by atoms with van der Waals surface area (Å²) in [5, 5.41) is 21.4. The first-order valence-electron chi connectivity index (χ1n) is 4.81. The van der Waals surface area contributed by atoms with E-state index in [1.54, 1.807) is 0 Å². The Hall–Kier alpha value is -2.42. The highest BCUT2D eigenvalue weighted by Crippen LogP contribution is 2.11. The fraction of sp³-hybridized carbons (Fsp3) is 0.333. The van der Waals surface area contributed by atoms with E-state index in [0.717, 1.165) is 12.3 Å². The first kappa shape index (κ1) is 13.6.